The van der Waals surface area contributed by atoms with E-state index < -0.39 is 78.4 Å². The molecule has 3 unspecified atom stereocenters. The Morgan fingerprint density at radius 3 is 1.45 bits per heavy atom. The van der Waals surface area contributed by atoms with Crippen molar-refractivity contribution in [1.29, 1.82) is 0 Å². The molecule has 374 valence electrons. The first-order valence-corrected chi connectivity index (χ1v) is 26.5. The van der Waals surface area contributed by atoms with Gasteiger partial charge in [0, 0.05) is 12.8 Å². The van der Waals surface area contributed by atoms with Crippen molar-refractivity contribution in [2.45, 2.75) is 180 Å². The summed E-state index contributed by atoms with van der Waals surface area (Å²) in [6, 6.07) is 0. The highest BCUT2D eigenvalue weighted by Gasteiger charge is 2.28. The van der Waals surface area contributed by atoms with Crippen molar-refractivity contribution in [3.63, 3.8) is 0 Å². The van der Waals surface area contributed by atoms with Crippen molar-refractivity contribution >= 4 is 27.6 Å². The molecule has 0 aliphatic carbocycles. The number of unbranched alkanes of at least 4 members (excludes halogenated alkanes) is 9. The minimum Gasteiger partial charge on any atom is -0.462 e. The standard InChI is InChI=1S/C48H82O15P2/c1-3-5-7-9-11-13-15-17-18-19-20-21-22-23-25-27-29-31-33-37-47(52)59-41-44(42-62-65(57,58)61-40-43(49)39-60-64(54,55)56)63-48(53)38-34-36-46(51)45(50)35-32-30-28-26-24-16-14-12-10-8-6-4-2/h11-14,17-18,20-21,23-26,30,32,43-46,49-51H,3-10,15-16,19,22,27-29,31,33-42H2,1-2H3,(H,57,58)(H2,54,55,56)/b13-11-,14-12-,18-17-,21-20-,25-23-,26-24-,32-30-/t43-,44+,45?,46?/m0/s1. The highest BCUT2D eigenvalue weighted by Crippen LogP contribution is 2.43. The Morgan fingerprint density at radius 2 is 0.938 bits per heavy atom. The number of hydrogen-bond donors (Lipinski definition) is 6. The maximum Gasteiger partial charge on any atom is 0.472 e. The van der Waals surface area contributed by atoms with E-state index >= 15 is 0 Å². The third-order valence-corrected chi connectivity index (χ3v) is 10.9. The van der Waals surface area contributed by atoms with Gasteiger partial charge >= 0.3 is 27.6 Å². The smallest absolute Gasteiger partial charge is 0.462 e. The molecule has 5 atom stereocenters. The van der Waals surface area contributed by atoms with Crippen LogP contribution < -0.4 is 0 Å². The first-order chi connectivity index (χ1) is 31.2. The number of carbonyl (C=O) groups excluding carboxylic acids is 2. The van der Waals surface area contributed by atoms with Crippen LogP contribution in [0.15, 0.2) is 85.1 Å². The van der Waals surface area contributed by atoms with Crippen molar-refractivity contribution < 1.29 is 71.8 Å². The molecule has 0 saturated heterocycles. The molecule has 0 spiro atoms. The number of carbonyl (C=O) groups is 2. The van der Waals surface area contributed by atoms with Crippen LogP contribution in [0.1, 0.15) is 155 Å². The number of aliphatic hydroxyl groups excluding tert-OH is 3. The zero-order valence-corrected chi connectivity index (χ0v) is 40.8. The Morgan fingerprint density at radius 1 is 0.492 bits per heavy atom. The molecule has 0 saturated carbocycles. The van der Waals surface area contributed by atoms with E-state index in [4.69, 9.17) is 23.8 Å². The fourth-order valence-corrected chi connectivity index (χ4v) is 6.88. The van der Waals surface area contributed by atoms with Gasteiger partial charge in [-0.3, -0.25) is 23.2 Å². The molecule has 0 aliphatic heterocycles. The van der Waals surface area contributed by atoms with Crippen LogP contribution >= 0.6 is 15.6 Å². The average Bonchev–Trinajstić information content (AvgIpc) is 3.26. The second-order valence-electron chi connectivity index (χ2n) is 15.6. The number of hydrogen-bond acceptors (Lipinski definition) is 12. The average molecular weight is 961 g/mol. The summed E-state index contributed by atoms with van der Waals surface area (Å²) < 4.78 is 47.6. The van der Waals surface area contributed by atoms with Gasteiger partial charge in [0.15, 0.2) is 6.10 Å². The topological polar surface area (TPSA) is 236 Å². The quantitative estimate of drug-likeness (QED) is 0.0144. The van der Waals surface area contributed by atoms with Crippen LogP contribution in [0.2, 0.25) is 0 Å². The molecule has 17 heteroatoms. The molecular weight excluding hydrogens is 878 g/mol. The fraction of sp³-hybridized carbons (Fsp3) is 0.667. The van der Waals surface area contributed by atoms with Crippen LogP contribution in [-0.2, 0) is 41.8 Å². The van der Waals surface area contributed by atoms with Gasteiger partial charge in [0.1, 0.15) is 12.7 Å². The molecule has 0 radical (unpaired) electrons. The first kappa shape index (κ1) is 62.2. The number of allylic oxidation sites excluding steroid dienone is 13. The van der Waals surface area contributed by atoms with Gasteiger partial charge in [-0.05, 0) is 96.3 Å². The maximum atomic E-state index is 12.7. The number of phosphoric ester groups is 2. The summed E-state index contributed by atoms with van der Waals surface area (Å²) in [5.74, 6) is -1.36. The van der Waals surface area contributed by atoms with Crippen LogP contribution in [0.25, 0.3) is 0 Å². The normalized spacial score (nSPS) is 15.6. The molecule has 0 aliphatic rings. The van der Waals surface area contributed by atoms with Gasteiger partial charge in [-0.1, -0.05) is 131 Å². The van der Waals surface area contributed by atoms with E-state index in [0.29, 0.717) is 12.8 Å². The Kier molecular flexibility index (Phi) is 40.7. The van der Waals surface area contributed by atoms with Crippen molar-refractivity contribution in [2.24, 2.45) is 0 Å². The lowest BCUT2D eigenvalue weighted by Crippen LogP contribution is -2.30. The minimum atomic E-state index is -4.91. The number of aliphatic hydroxyl groups is 3. The lowest BCUT2D eigenvalue weighted by Gasteiger charge is -2.21. The van der Waals surface area contributed by atoms with Crippen LogP contribution in [-0.4, -0.2) is 92.8 Å². The summed E-state index contributed by atoms with van der Waals surface area (Å²) in [5, 5.41) is 30.5. The number of esters is 2. The molecule has 0 heterocycles. The molecule has 6 N–H and O–H groups in total. The summed E-state index contributed by atoms with van der Waals surface area (Å²) in [6.07, 6.45) is 41.6. The fourth-order valence-electron chi connectivity index (χ4n) is 5.73. The Bertz CT molecular complexity index is 1500. The molecule has 0 rings (SSSR count). The molecular formula is C48H82O15P2. The predicted molar refractivity (Wildman–Crippen MR) is 255 cm³/mol. The maximum absolute atomic E-state index is 12.7. The van der Waals surface area contributed by atoms with Gasteiger partial charge in [-0.25, -0.2) is 9.13 Å². The summed E-state index contributed by atoms with van der Waals surface area (Å²) in [5.41, 5.74) is 0. The van der Waals surface area contributed by atoms with E-state index in [9.17, 15) is 38.9 Å². The third-order valence-electron chi connectivity index (χ3n) is 9.45. The second kappa shape index (κ2) is 42.6. The lowest BCUT2D eigenvalue weighted by atomic mass is 10.0. The molecule has 15 nitrogen and oxygen atoms in total. The number of rotatable bonds is 43. The van der Waals surface area contributed by atoms with Gasteiger partial charge in [0.25, 0.3) is 0 Å². The molecule has 0 amide bonds. The third kappa shape index (κ3) is 44.8. The lowest BCUT2D eigenvalue weighted by molar-refractivity contribution is -0.161. The highest BCUT2D eigenvalue weighted by molar-refractivity contribution is 7.47. The second-order valence-corrected chi connectivity index (χ2v) is 18.3. The number of phosphoric acid groups is 2. The molecule has 65 heavy (non-hydrogen) atoms. The van der Waals surface area contributed by atoms with Crippen molar-refractivity contribution in [3.8, 4) is 0 Å². The van der Waals surface area contributed by atoms with E-state index in [-0.39, 0.29) is 32.1 Å². The summed E-state index contributed by atoms with van der Waals surface area (Å²) in [4.78, 5) is 52.8. The van der Waals surface area contributed by atoms with Crippen LogP contribution in [0.5, 0.6) is 0 Å². The highest BCUT2D eigenvalue weighted by atomic mass is 31.2. The van der Waals surface area contributed by atoms with Crippen molar-refractivity contribution in [1.82, 2.24) is 0 Å². The Hall–Kier alpha value is -2.78. The van der Waals surface area contributed by atoms with Gasteiger partial charge in [-0.15, -0.1) is 0 Å². The first-order valence-electron chi connectivity index (χ1n) is 23.4. The molecule has 0 bridgehead atoms. The van der Waals surface area contributed by atoms with E-state index in [1.807, 2.05) is 12.2 Å². The largest absolute Gasteiger partial charge is 0.472 e. The summed E-state index contributed by atoms with van der Waals surface area (Å²) >= 11 is 0. The van der Waals surface area contributed by atoms with E-state index in [2.05, 4.69) is 89.7 Å². The van der Waals surface area contributed by atoms with Gasteiger partial charge in [0.2, 0.25) is 0 Å². The van der Waals surface area contributed by atoms with E-state index in [1.54, 1.807) is 6.08 Å². The zero-order valence-electron chi connectivity index (χ0n) is 39.0. The Balaban J connectivity index is 4.78. The van der Waals surface area contributed by atoms with Gasteiger partial charge in [0.05, 0.1) is 32.0 Å². The van der Waals surface area contributed by atoms with Gasteiger partial charge < -0.3 is 39.5 Å². The summed E-state index contributed by atoms with van der Waals surface area (Å²) in [6.45, 7) is 1.33. The monoisotopic (exact) mass is 961 g/mol. The predicted octanol–water partition coefficient (Wildman–Crippen LogP) is 10.3. The molecule has 0 aromatic carbocycles. The Labute approximate surface area is 389 Å². The van der Waals surface area contributed by atoms with Crippen LogP contribution in [0.3, 0.4) is 0 Å². The SMILES string of the molecule is CCCCC/C=C\C/C=C\C/C=C\C/C=C\CCCCCC(=O)OC[C@H](COP(=O)(O)OC[C@@H](O)COP(=O)(O)O)OC(=O)CCCC(O)C(O)C/C=C\C/C=C\C/C=C\CCCCC. The summed E-state index contributed by atoms with van der Waals surface area (Å²) in [7, 11) is -9.81. The van der Waals surface area contributed by atoms with Crippen LogP contribution in [0, 0.1) is 0 Å². The van der Waals surface area contributed by atoms with Crippen LogP contribution in [0.4, 0.5) is 0 Å². The van der Waals surface area contributed by atoms with E-state index in [0.717, 1.165) is 57.8 Å². The van der Waals surface area contributed by atoms with Crippen molar-refractivity contribution in [3.05, 3.63) is 85.1 Å². The van der Waals surface area contributed by atoms with Gasteiger partial charge in [-0.2, -0.15) is 0 Å². The molecule has 0 fully saturated rings. The minimum absolute atomic E-state index is 0.0842. The molecule has 0 aromatic heterocycles. The van der Waals surface area contributed by atoms with E-state index in [1.165, 1.54) is 38.5 Å². The molecule has 0 aromatic rings. The van der Waals surface area contributed by atoms with Crippen molar-refractivity contribution in [2.75, 3.05) is 26.4 Å². The number of ether oxygens (including phenoxy) is 2. The zero-order chi connectivity index (χ0) is 48.3.